The topological polar surface area (TPSA) is 122 Å². The van der Waals surface area contributed by atoms with Crippen LogP contribution in [-0.4, -0.2) is 52.5 Å². The van der Waals surface area contributed by atoms with Gasteiger partial charge in [-0.1, -0.05) is 6.92 Å². The SMILES string of the molecule is CCN(CC)c1cnc([C@H]2C[C@@](N)(CC)N(C(=O)OCC(C)(C)C(=O)O)c3ccc(C(F)(F)F)cc32)nc1Cc1cc(C(F)(F)F)cc(C(F)(F)F)c1. The molecule has 0 fully saturated rings. The van der Waals surface area contributed by atoms with Crippen LogP contribution in [0.1, 0.15) is 92.7 Å². The van der Waals surface area contributed by atoms with Gasteiger partial charge in [0.2, 0.25) is 0 Å². The molecule has 0 saturated heterocycles. The zero-order valence-corrected chi connectivity index (χ0v) is 29.3. The van der Waals surface area contributed by atoms with E-state index in [9.17, 15) is 54.2 Å². The molecular weight excluding hydrogens is 725 g/mol. The van der Waals surface area contributed by atoms with Crippen molar-refractivity contribution in [1.29, 1.82) is 0 Å². The number of aromatic nitrogens is 2. The number of aliphatic carboxylic acids is 1. The minimum Gasteiger partial charge on any atom is -0.481 e. The third-order valence-electron chi connectivity index (χ3n) is 9.20. The van der Waals surface area contributed by atoms with Crippen molar-refractivity contribution in [3.8, 4) is 0 Å². The molecule has 0 aliphatic carbocycles. The van der Waals surface area contributed by atoms with Crippen molar-refractivity contribution in [2.45, 2.75) is 84.0 Å². The van der Waals surface area contributed by atoms with Gasteiger partial charge in [0.1, 0.15) is 18.1 Å². The molecule has 0 radical (unpaired) electrons. The summed E-state index contributed by atoms with van der Waals surface area (Å²) in [5.74, 6) is -2.61. The zero-order valence-electron chi connectivity index (χ0n) is 29.3. The van der Waals surface area contributed by atoms with Crippen molar-refractivity contribution >= 4 is 23.4 Å². The number of benzene rings is 2. The van der Waals surface area contributed by atoms with Crippen molar-refractivity contribution in [2.24, 2.45) is 11.1 Å². The van der Waals surface area contributed by atoms with Crippen LogP contribution >= 0.6 is 0 Å². The second-order valence-corrected chi connectivity index (χ2v) is 13.4. The number of fused-ring (bicyclic) bond motifs is 1. The zero-order chi connectivity index (χ0) is 39.9. The lowest BCUT2D eigenvalue weighted by Crippen LogP contribution is -2.62. The summed E-state index contributed by atoms with van der Waals surface area (Å²) >= 11 is 0. The van der Waals surface area contributed by atoms with Crippen LogP contribution in [0.5, 0.6) is 0 Å². The van der Waals surface area contributed by atoms with Crippen LogP contribution in [-0.2, 0) is 34.5 Å². The molecule has 2 atom stereocenters. The fourth-order valence-electron chi connectivity index (χ4n) is 6.06. The fourth-order valence-corrected chi connectivity index (χ4v) is 6.06. The number of carbonyl (C=O) groups excluding carboxylic acids is 1. The van der Waals surface area contributed by atoms with Crippen molar-refractivity contribution < 1.29 is 58.9 Å². The smallest absolute Gasteiger partial charge is 0.416 e. The third kappa shape index (κ3) is 8.79. The molecule has 4 rings (SSSR count). The van der Waals surface area contributed by atoms with E-state index in [-0.39, 0.29) is 52.9 Å². The molecule has 2 aromatic carbocycles. The number of nitrogens with zero attached hydrogens (tertiary/aromatic N) is 4. The monoisotopic (exact) mass is 763 g/mol. The summed E-state index contributed by atoms with van der Waals surface area (Å²) in [7, 11) is 0. The highest BCUT2D eigenvalue weighted by Gasteiger charge is 2.48. The van der Waals surface area contributed by atoms with E-state index >= 15 is 0 Å². The predicted octanol–water partition coefficient (Wildman–Crippen LogP) is 8.62. The molecule has 0 bridgehead atoms. The molecule has 1 aromatic heterocycles. The normalized spacial score (nSPS) is 18.1. The van der Waals surface area contributed by atoms with Gasteiger partial charge in [-0.15, -0.1) is 0 Å². The van der Waals surface area contributed by atoms with E-state index in [2.05, 4.69) is 9.97 Å². The fraction of sp³-hybridized carbons (Fsp3) is 0.486. The Bertz CT molecular complexity index is 1810. The molecule has 1 aliphatic rings. The average Bonchev–Trinajstić information content (AvgIpc) is 3.06. The van der Waals surface area contributed by atoms with Gasteiger partial charge in [-0.2, -0.15) is 39.5 Å². The molecular formula is C35H38F9N5O4. The molecule has 1 aliphatic heterocycles. The standard InChI is InChI=1S/C35H38F9N5O4/c1-6-32(45)16-24(23-15-20(33(36,37)38)9-10-26(23)49(32)30(52)53-18-31(4,5)29(50)51)28-46-17-27(48(7-2)8-3)25(47-28)13-19-11-21(34(39,40)41)14-22(12-19)35(42,43)44/h9-12,14-15,17,24H,6-8,13,16,18,45H2,1-5H3,(H,50,51)/t24-,32+/m0/s1. The lowest BCUT2D eigenvalue weighted by Gasteiger charge is -2.47. The summed E-state index contributed by atoms with van der Waals surface area (Å²) in [5, 5.41) is 9.48. The summed E-state index contributed by atoms with van der Waals surface area (Å²) in [6.07, 6.45) is -15.8. The number of carboxylic acids is 1. The van der Waals surface area contributed by atoms with Crippen LogP contribution in [0.15, 0.2) is 42.6 Å². The Morgan fingerprint density at radius 1 is 0.925 bits per heavy atom. The minimum atomic E-state index is -5.11. The first-order chi connectivity index (χ1) is 24.4. The summed E-state index contributed by atoms with van der Waals surface area (Å²) < 4.78 is 130. The number of nitrogens with two attached hydrogens (primary N) is 1. The van der Waals surface area contributed by atoms with Crippen LogP contribution in [0.2, 0.25) is 0 Å². The largest absolute Gasteiger partial charge is 0.481 e. The first-order valence-corrected chi connectivity index (χ1v) is 16.5. The maximum absolute atomic E-state index is 14.1. The van der Waals surface area contributed by atoms with Gasteiger partial charge in [0.05, 0.1) is 45.4 Å². The molecule has 3 N–H and O–H groups in total. The number of alkyl halides is 9. The first-order valence-electron chi connectivity index (χ1n) is 16.5. The molecule has 290 valence electrons. The number of ether oxygens (including phenoxy) is 1. The van der Waals surface area contributed by atoms with Crippen molar-refractivity contribution in [3.05, 3.63) is 81.9 Å². The van der Waals surface area contributed by atoms with Gasteiger partial charge < -0.3 is 20.5 Å². The second-order valence-electron chi connectivity index (χ2n) is 13.4. The molecule has 9 nitrogen and oxygen atoms in total. The van der Waals surface area contributed by atoms with Crippen molar-refractivity contribution in [3.63, 3.8) is 0 Å². The summed E-state index contributed by atoms with van der Waals surface area (Å²) in [5.41, 5.74) is -0.956. The maximum Gasteiger partial charge on any atom is 0.416 e. The average molecular weight is 764 g/mol. The highest BCUT2D eigenvalue weighted by Crippen LogP contribution is 2.48. The number of hydrogen-bond acceptors (Lipinski definition) is 7. The molecule has 3 aromatic rings. The Hall–Kier alpha value is -4.61. The highest BCUT2D eigenvalue weighted by molar-refractivity contribution is 5.92. The molecule has 0 saturated carbocycles. The Labute approximate surface area is 298 Å². The van der Waals surface area contributed by atoms with E-state index in [1.54, 1.807) is 25.7 Å². The number of rotatable bonds is 10. The van der Waals surface area contributed by atoms with Gasteiger partial charge >= 0.3 is 30.6 Å². The quantitative estimate of drug-likeness (QED) is 0.197. The summed E-state index contributed by atoms with van der Waals surface area (Å²) in [6.45, 7) is 7.75. The van der Waals surface area contributed by atoms with Gasteiger partial charge in [0.15, 0.2) is 0 Å². The number of halogens is 9. The minimum absolute atomic E-state index is 0.00238. The van der Waals surface area contributed by atoms with E-state index in [1.165, 1.54) is 20.0 Å². The van der Waals surface area contributed by atoms with E-state index in [1.807, 2.05) is 0 Å². The van der Waals surface area contributed by atoms with Crippen LogP contribution < -0.4 is 15.5 Å². The van der Waals surface area contributed by atoms with Gasteiger partial charge in [0, 0.05) is 25.4 Å². The van der Waals surface area contributed by atoms with Gasteiger partial charge in [-0.3, -0.25) is 9.69 Å². The van der Waals surface area contributed by atoms with E-state index in [4.69, 9.17) is 10.5 Å². The first kappa shape index (κ1) is 41.2. The van der Waals surface area contributed by atoms with E-state index in [0.29, 0.717) is 25.2 Å². The number of anilines is 2. The Morgan fingerprint density at radius 2 is 1.49 bits per heavy atom. The predicted molar refractivity (Wildman–Crippen MR) is 175 cm³/mol. The van der Waals surface area contributed by atoms with Gasteiger partial charge in [-0.05, 0) is 88.1 Å². The third-order valence-corrected chi connectivity index (χ3v) is 9.20. The number of hydrogen-bond donors (Lipinski definition) is 2. The van der Waals surface area contributed by atoms with Crippen LogP contribution in [0.4, 0.5) is 55.7 Å². The number of carbonyl (C=O) groups is 2. The molecule has 0 unspecified atom stereocenters. The number of amides is 1. The lowest BCUT2D eigenvalue weighted by atomic mass is 9.80. The number of carboxylic acid groups (broad SMARTS) is 1. The Balaban J connectivity index is 1.93. The van der Waals surface area contributed by atoms with E-state index in [0.717, 1.165) is 23.1 Å². The molecule has 1 amide bonds. The molecule has 53 heavy (non-hydrogen) atoms. The maximum atomic E-state index is 14.1. The molecule has 0 spiro atoms. The van der Waals surface area contributed by atoms with Crippen molar-refractivity contribution in [1.82, 2.24) is 9.97 Å². The summed E-state index contributed by atoms with van der Waals surface area (Å²) in [6, 6.07) is 3.66. The van der Waals surface area contributed by atoms with Gasteiger partial charge in [-0.25, -0.2) is 14.8 Å². The second kappa shape index (κ2) is 14.7. The Morgan fingerprint density at radius 3 is 1.98 bits per heavy atom. The van der Waals surface area contributed by atoms with Crippen molar-refractivity contribution in [2.75, 3.05) is 29.5 Å². The van der Waals surface area contributed by atoms with Gasteiger partial charge in [0.25, 0.3) is 0 Å². The molecule has 2 heterocycles. The Kier molecular flexibility index (Phi) is 11.4. The highest BCUT2D eigenvalue weighted by atomic mass is 19.4. The van der Waals surface area contributed by atoms with Crippen LogP contribution in [0.3, 0.4) is 0 Å². The van der Waals surface area contributed by atoms with Crippen LogP contribution in [0.25, 0.3) is 0 Å². The lowest BCUT2D eigenvalue weighted by molar-refractivity contribution is -0.149. The molecule has 18 heteroatoms. The summed E-state index contributed by atoms with van der Waals surface area (Å²) in [4.78, 5) is 36.9. The van der Waals surface area contributed by atoms with Crippen LogP contribution in [0, 0.1) is 5.41 Å². The van der Waals surface area contributed by atoms with E-state index < -0.39 is 77.3 Å².